The molecule has 282 valence electrons. The van der Waals surface area contributed by atoms with Crippen LogP contribution in [-0.4, -0.2) is 76.4 Å². The Bertz CT molecular complexity index is 1720. The van der Waals surface area contributed by atoms with Gasteiger partial charge in [0.25, 0.3) is 0 Å². The molecule has 0 atom stereocenters. The molecule has 8 aromatic rings. The van der Waals surface area contributed by atoms with Crippen molar-refractivity contribution in [3.8, 4) is 46.6 Å². The van der Waals surface area contributed by atoms with Crippen LogP contribution in [0, 0.1) is 0 Å². The second-order valence-corrected chi connectivity index (χ2v) is 10.9. The minimum Gasteiger partial charge on any atom is -1.00 e. The number of aromatic nitrogens is 16. The van der Waals surface area contributed by atoms with E-state index in [1.54, 1.807) is 49.6 Å². The van der Waals surface area contributed by atoms with Crippen molar-refractivity contribution >= 4 is 0 Å². The molecular formula is C35H53KN16Os. The Morgan fingerprint density at radius 3 is 0.434 bits per heavy atom. The SMILES string of the molecule is C.C.C.Cn1ccnc1-c1nccn1C.Cn1ccnc1-c1nccn1C.Cn1ccnc1-c1nccn1C.Cn1ccnc1-c1nccn1C.[H-].[K+].[Os]. The van der Waals surface area contributed by atoms with Crippen LogP contribution in [0.2, 0.25) is 0 Å². The van der Waals surface area contributed by atoms with Gasteiger partial charge in [-0.25, -0.2) is 39.9 Å². The fraction of sp³-hybridized carbons (Fsp3) is 0.314. The van der Waals surface area contributed by atoms with Crippen LogP contribution in [0.15, 0.2) is 99.1 Å². The summed E-state index contributed by atoms with van der Waals surface area (Å²) in [4.78, 5) is 33.6. The Balaban J connectivity index is 0. The topological polar surface area (TPSA) is 143 Å². The molecule has 0 unspecified atom stereocenters. The maximum atomic E-state index is 4.20. The number of aryl methyl sites for hydroxylation is 8. The summed E-state index contributed by atoms with van der Waals surface area (Å²) in [6.07, 6.45) is 29.4. The molecule has 8 aromatic heterocycles. The van der Waals surface area contributed by atoms with Gasteiger partial charge in [-0.05, 0) is 0 Å². The number of hydrogen-bond acceptors (Lipinski definition) is 8. The van der Waals surface area contributed by atoms with E-state index in [1.807, 2.05) is 142 Å². The summed E-state index contributed by atoms with van der Waals surface area (Å²) >= 11 is 0. The molecule has 0 saturated carbocycles. The summed E-state index contributed by atoms with van der Waals surface area (Å²) in [6, 6.07) is 0. The number of rotatable bonds is 4. The Morgan fingerprint density at radius 1 is 0.283 bits per heavy atom. The summed E-state index contributed by atoms with van der Waals surface area (Å²) in [5, 5.41) is 0. The van der Waals surface area contributed by atoms with Crippen LogP contribution in [0.4, 0.5) is 0 Å². The molecule has 16 nitrogen and oxygen atoms in total. The van der Waals surface area contributed by atoms with E-state index < -0.39 is 0 Å². The molecule has 8 heterocycles. The van der Waals surface area contributed by atoms with Crippen molar-refractivity contribution in [1.82, 2.24) is 76.4 Å². The van der Waals surface area contributed by atoms with Crippen molar-refractivity contribution in [2.75, 3.05) is 0 Å². The third-order valence-corrected chi connectivity index (χ3v) is 7.37. The third-order valence-electron chi connectivity index (χ3n) is 7.37. The minimum absolute atomic E-state index is 0. The molecular weight excluding hydrogens is 874 g/mol. The van der Waals surface area contributed by atoms with Crippen LogP contribution >= 0.6 is 0 Å². The smallest absolute Gasteiger partial charge is 1.00 e. The van der Waals surface area contributed by atoms with E-state index in [4.69, 9.17) is 0 Å². The molecule has 0 N–H and O–H groups in total. The van der Waals surface area contributed by atoms with Crippen molar-refractivity contribution in [3.63, 3.8) is 0 Å². The van der Waals surface area contributed by atoms with Gasteiger partial charge in [0, 0.05) is 175 Å². The predicted molar refractivity (Wildman–Crippen MR) is 203 cm³/mol. The van der Waals surface area contributed by atoms with E-state index >= 15 is 0 Å². The van der Waals surface area contributed by atoms with Gasteiger partial charge >= 0.3 is 51.4 Å². The summed E-state index contributed by atoms with van der Waals surface area (Å²) in [6.45, 7) is 0. The normalized spacial score (nSPS) is 9.51. The molecule has 8 rings (SSSR count). The van der Waals surface area contributed by atoms with Gasteiger partial charge < -0.3 is 38.0 Å². The van der Waals surface area contributed by atoms with Gasteiger partial charge in [-0.3, -0.25) is 0 Å². The van der Waals surface area contributed by atoms with Crippen LogP contribution in [-0.2, 0) is 76.2 Å². The molecule has 0 amide bonds. The second kappa shape index (κ2) is 22.9. The third kappa shape index (κ3) is 12.0. The first-order valence-electron chi connectivity index (χ1n) is 15.0. The van der Waals surface area contributed by atoms with Crippen molar-refractivity contribution in [2.24, 2.45) is 56.4 Å². The molecule has 53 heavy (non-hydrogen) atoms. The Morgan fingerprint density at radius 2 is 0.377 bits per heavy atom. The van der Waals surface area contributed by atoms with E-state index in [2.05, 4.69) is 39.9 Å². The zero-order valence-corrected chi connectivity index (χ0v) is 35.4. The molecule has 0 aliphatic carbocycles. The monoisotopic (exact) mass is 928 g/mol. The largest absolute Gasteiger partial charge is 1.00 e. The first kappa shape index (κ1) is 49.0. The predicted octanol–water partition coefficient (Wildman–Crippen LogP) is 2.30. The Kier molecular flexibility index (Phi) is 21.1. The molecule has 0 aliphatic heterocycles. The van der Waals surface area contributed by atoms with Crippen molar-refractivity contribution in [3.05, 3.63) is 99.1 Å². The molecule has 0 radical (unpaired) electrons. The fourth-order valence-electron chi connectivity index (χ4n) is 4.65. The minimum atomic E-state index is 0. The number of imidazole rings is 8. The summed E-state index contributed by atoms with van der Waals surface area (Å²) < 4.78 is 15.6. The maximum Gasteiger partial charge on any atom is 1.00 e. The summed E-state index contributed by atoms with van der Waals surface area (Å²) in [5.74, 6) is 7.13. The second-order valence-electron chi connectivity index (χ2n) is 10.9. The fourth-order valence-corrected chi connectivity index (χ4v) is 4.65. The molecule has 0 aromatic carbocycles. The van der Waals surface area contributed by atoms with Crippen molar-refractivity contribution < 1.29 is 72.6 Å². The molecule has 0 spiro atoms. The van der Waals surface area contributed by atoms with Crippen LogP contribution in [0.25, 0.3) is 46.6 Å². The summed E-state index contributed by atoms with van der Waals surface area (Å²) in [7, 11) is 15.6. The average Bonchev–Trinajstić information content (AvgIpc) is 3.89. The molecule has 0 saturated heterocycles. The van der Waals surface area contributed by atoms with Crippen molar-refractivity contribution in [2.45, 2.75) is 22.3 Å². The molecule has 0 aliphatic rings. The van der Waals surface area contributed by atoms with E-state index in [9.17, 15) is 0 Å². The van der Waals surface area contributed by atoms with Gasteiger partial charge in [0.1, 0.15) is 0 Å². The molecule has 0 fully saturated rings. The van der Waals surface area contributed by atoms with E-state index in [0.717, 1.165) is 46.6 Å². The Hall–Kier alpha value is -4.05. The van der Waals surface area contributed by atoms with Crippen LogP contribution < -0.4 is 51.4 Å². The average molecular weight is 927 g/mol. The van der Waals surface area contributed by atoms with Gasteiger partial charge in [0.05, 0.1) is 0 Å². The zero-order valence-electron chi connectivity index (χ0n) is 30.7. The van der Waals surface area contributed by atoms with Crippen LogP contribution in [0.3, 0.4) is 0 Å². The Labute approximate surface area is 370 Å². The molecule has 18 heteroatoms. The van der Waals surface area contributed by atoms with E-state index in [0.29, 0.717) is 0 Å². The standard InChI is InChI=1S/4C8H10N4.3CH4.K.Os.H/c4*1-11-5-3-9-7(11)8-10-4-6-12(8)2;;;;;;/h4*3-6H,1-2H3;3*1H4;;;/q;;;;;;;+1;;-1. The first-order chi connectivity index (χ1) is 23.2. The van der Waals surface area contributed by atoms with Gasteiger partial charge in [-0.15, -0.1) is 0 Å². The molecule has 0 bridgehead atoms. The van der Waals surface area contributed by atoms with Gasteiger partial charge in [-0.1, -0.05) is 22.3 Å². The van der Waals surface area contributed by atoms with Crippen molar-refractivity contribution in [1.29, 1.82) is 0 Å². The first-order valence-corrected chi connectivity index (χ1v) is 15.0. The van der Waals surface area contributed by atoms with Crippen LogP contribution in [0.1, 0.15) is 23.7 Å². The van der Waals surface area contributed by atoms with E-state index in [1.165, 1.54) is 0 Å². The summed E-state index contributed by atoms with van der Waals surface area (Å²) in [5.41, 5.74) is 0. The number of hydrogen-bond donors (Lipinski definition) is 0. The van der Waals surface area contributed by atoms with Gasteiger partial charge in [0.2, 0.25) is 0 Å². The number of nitrogens with zero attached hydrogens (tertiary/aromatic N) is 16. The zero-order chi connectivity index (χ0) is 34.2. The van der Waals surface area contributed by atoms with Gasteiger partial charge in [0.15, 0.2) is 46.6 Å². The maximum absolute atomic E-state index is 4.20. The van der Waals surface area contributed by atoms with E-state index in [-0.39, 0.29) is 94.9 Å². The quantitative estimate of drug-likeness (QED) is 0.245. The van der Waals surface area contributed by atoms with Gasteiger partial charge in [-0.2, -0.15) is 0 Å². The van der Waals surface area contributed by atoms with Crippen LogP contribution in [0.5, 0.6) is 0 Å².